The number of benzene rings is 1. The second kappa shape index (κ2) is 3.76. The molecule has 0 atom stereocenters. The summed E-state index contributed by atoms with van der Waals surface area (Å²) in [5, 5.41) is 7.82. The molecule has 0 unspecified atom stereocenters. The highest BCUT2D eigenvalue weighted by Gasteiger charge is 2.10. The van der Waals surface area contributed by atoms with Crippen LogP contribution in [0, 0.1) is 11.6 Å². The number of halogens is 2. The summed E-state index contributed by atoms with van der Waals surface area (Å²) in [7, 11) is 0. The number of rotatable bonds is 1. The van der Waals surface area contributed by atoms with Crippen molar-refractivity contribution in [3.05, 3.63) is 48.2 Å². The number of nitrogen functional groups attached to an aromatic ring is 1. The summed E-state index contributed by atoms with van der Waals surface area (Å²) in [6, 6.07) is 6.56. The van der Waals surface area contributed by atoms with Crippen molar-refractivity contribution in [3.63, 3.8) is 0 Å². The van der Waals surface area contributed by atoms with Gasteiger partial charge >= 0.3 is 0 Å². The van der Waals surface area contributed by atoms with Gasteiger partial charge in [0.2, 0.25) is 0 Å². The predicted octanol–water partition coefficient (Wildman–Crippen LogP) is 2.26. The predicted molar refractivity (Wildman–Crippen MR) is 62.8 cm³/mol. The molecule has 90 valence electrons. The maximum atomic E-state index is 13.2. The zero-order valence-corrected chi connectivity index (χ0v) is 9.14. The summed E-state index contributed by atoms with van der Waals surface area (Å²) in [4.78, 5) is 0. The summed E-state index contributed by atoms with van der Waals surface area (Å²) in [5.41, 5.74) is 7.05. The number of hydrogen-bond acceptors (Lipinski definition) is 3. The lowest BCUT2D eigenvalue weighted by Gasteiger charge is -2.01. The van der Waals surface area contributed by atoms with Gasteiger partial charge in [0.25, 0.3) is 0 Å². The van der Waals surface area contributed by atoms with Crippen molar-refractivity contribution in [2.45, 2.75) is 0 Å². The molecule has 2 N–H and O–H groups in total. The summed E-state index contributed by atoms with van der Waals surface area (Å²) >= 11 is 0. The average molecular weight is 246 g/mol. The van der Waals surface area contributed by atoms with E-state index in [9.17, 15) is 8.78 Å². The molecule has 3 rings (SSSR count). The van der Waals surface area contributed by atoms with Crippen LogP contribution in [-0.4, -0.2) is 14.6 Å². The number of fused-ring (bicyclic) bond motifs is 1. The SMILES string of the molecule is Nc1ccc2nnc(-c3cc(F)cc(F)c3)n2c1. The molecule has 4 nitrogen and oxygen atoms in total. The third-order valence-corrected chi connectivity index (χ3v) is 2.55. The van der Waals surface area contributed by atoms with Crippen LogP contribution < -0.4 is 5.73 Å². The Morgan fingerprint density at radius 1 is 1.00 bits per heavy atom. The van der Waals surface area contributed by atoms with E-state index in [1.54, 1.807) is 22.7 Å². The van der Waals surface area contributed by atoms with Gasteiger partial charge in [-0.2, -0.15) is 0 Å². The van der Waals surface area contributed by atoms with Crippen LogP contribution in [0.25, 0.3) is 17.0 Å². The van der Waals surface area contributed by atoms with Crippen LogP contribution in [0.15, 0.2) is 36.5 Å². The van der Waals surface area contributed by atoms with Crippen molar-refractivity contribution in [3.8, 4) is 11.4 Å². The molecule has 0 saturated heterocycles. The number of pyridine rings is 1. The van der Waals surface area contributed by atoms with Crippen molar-refractivity contribution in [1.82, 2.24) is 14.6 Å². The van der Waals surface area contributed by atoms with Gasteiger partial charge in [0.1, 0.15) is 11.6 Å². The molecular formula is C12H8F2N4. The average Bonchev–Trinajstić information content (AvgIpc) is 2.70. The molecule has 0 aliphatic rings. The van der Waals surface area contributed by atoms with Crippen molar-refractivity contribution in [2.75, 3.05) is 5.73 Å². The van der Waals surface area contributed by atoms with E-state index in [0.717, 1.165) is 6.07 Å². The van der Waals surface area contributed by atoms with E-state index < -0.39 is 11.6 Å². The first-order valence-corrected chi connectivity index (χ1v) is 5.20. The molecule has 0 aliphatic heterocycles. The standard InChI is InChI=1S/C12H8F2N4/c13-8-3-7(4-9(14)5-8)12-17-16-11-2-1-10(15)6-18(11)12/h1-6H,15H2. The van der Waals surface area contributed by atoms with Crippen molar-refractivity contribution >= 4 is 11.3 Å². The molecule has 18 heavy (non-hydrogen) atoms. The van der Waals surface area contributed by atoms with E-state index in [1.165, 1.54) is 12.1 Å². The normalized spacial score (nSPS) is 11.0. The van der Waals surface area contributed by atoms with E-state index in [-0.39, 0.29) is 0 Å². The van der Waals surface area contributed by atoms with E-state index in [2.05, 4.69) is 10.2 Å². The highest BCUT2D eigenvalue weighted by Crippen LogP contribution is 2.21. The summed E-state index contributed by atoms with van der Waals surface area (Å²) in [6.07, 6.45) is 1.60. The highest BCUT2D eigenvalue weighted by molar-refractivity contribution is 5.61. The summed E-state index contributed by atoms with van der Waals surface area (Å²) in [5.74, 6) is -0.980. The molecule has 0 amide bonds. The highest BCUT2D eigenvalue weighted by atomic mass is 19.1. The van der Waals surface area contributed by atoms with Gasteiger partial charge in [0, 0.05) is 23.5 Å². The minimum Gasteiger partial charge on any atom is -0.398 e. The van der Waals surface area contributed by atoms with Gasteiger partial charge in [-0.1, -0.05) is 0 Å². The van der Waals surface area contributed by atoms with Crippen LogP contribution >= 0.6 is 0 Å². The van der Waals surface area contributed by atoms with Crippen molar-refractivity contribution < 1.29 is 8.78 Å². The summed E-state index contributed by atoms with van der Waals surface area (Å²) in [6.45, 7) is 0. The Hall–Kier alpha value is -2.50. The first-order chi connectivity index (χ1) is 8.63. The zero-order chi connectivity index (χ0) is 12.7. The molecule has 0 fully saturated rings. The van der Waals surface area contributed by atoms with Gasteiger partial charge in [-0.05, 0) is 24.3 Å². The van der Waals surface area contributed by atoms with Crippen molar-refractivity contribution in [2.24, 2.45) is 0 Å². The second-order valence-corrected chi connectivity index (χ2v) is 3.87. The topological polar surface area (TPSA) is 56.2 Å². The van der Waals surface area contributed by atoms with E-state index >= 15 is 0 Å². The van der Waals surface area contributed by atoms with Gasteiger partial charge in [-0.25, -0.2) is 8.78 Å². The number of hydrogen-bond donors (Lipinski definition) is 1. The molecule has 0 bridgehead atoms. The maximum Gasteiger partial charge on any atom is 0.168 e. The fraction of sp³-hybridized carbons (Fsp3) is 0. The lowest BCUT2D eigenvalue weighted by atomic mass is 10.2. The maximum absolute atomic E-state index is 13.2. The first kappa shape index (κ1) is 10.6. The molecule has 2 heterocycles. The Morgan fingerprint density at radius 2 is 1.72 bits per heavy atom. The Labute approximate surface area is 101 Å². The molecular weight excluding hydrogens is 238 g/mol. The Balaban J connectivity index is 2.27. The van der Waals surface area contributed by atoms with Gasteiger partial charge in [-0.15, -0.1) is 10.2 Å². The molecule has 0 aliphatic carbocycles. The van der Waals surface area contributed by atoms with Crippen LogP contribution in [0.3, 0.4) is 0 Å². The fourth-order valence-electron chi connectivity index (χ4n) is 1.79. The van der Waals surface area contributed by atoms with Crippen LogP contribution in [0.4, 0.5) is 14.5 Å². The van der Waals surface area contributed by atoms with E-state index in [1.807, 2.05) is 0 Å². The minimum atomic E-state index is -0.661. The third kappa shape index (κ3) is 1.67. The Kier molecular flexibility index (Phi) is 2.22. The largest absolute Gasteiger partial charge is 0.398 e. The van der Waals surface area contributed by atoms with Gasteiger partial charge in [0.15, 0.2) is 11.5 Å². The zero-order valence-electron chi connectivity index (χ0n) is 9.14. The quantitative estimate of drug-likeness (QED) is 0.716. The van der Waals surface area contributed by atoms with Crippen molar-refractivity contribution in [1.29, 1.82) is 0 Å². The molecule has 0 saturated carbocycles. The number of nitrogens with zero attached hydrogens (tertiary/aromatic N) is 3. The van der Waals surface area contributed by atoms with Crippen LogP contribution in [0.2, 0.25) is 0 Å². The number of nitrogens with two attached hydrogens (primary N) is 1. The molecule has 6 heteroatoms. The lowest BCUT2D eigenvalue weighted by Crippen LogP contribution is -1.94. The van der Waals surface area contributed by atoms with Gasteiger partial charge < -0.3 is 5.73 Å². The number of aromatic nitrogens is 3. The smallest absolute Gasteiger partial charge is 0.168 e. The Morgan fingerprint density at radius 3 is 2.44 bits per heavy atom. The van der Waals surface area contributed by atoms with Crippen LogP contribution in [0.1, 0.15) is 0 Å². The van der Waals surface area contributed by atoms with E-state index in [0.29, 0.717) is 22.7 Å². The molecule has 0 spiro atoms. The third-order valence-electron chi connectivity index (χ3n) is 2.55. The monoisotopic (exact) mass is 246 g/mol. The fourth-order valence-corrected chi connectivity index (χ4v) is 1.79. The van der Waals surface area contributed by atoms with Crippen LogP contribution in [0.5, 0.6) is 0 Å². The summed E-state index contributed by atoms with van der Waals surface area (Å²) < 4.78 is 27.9. The van der Waals surface area contributed by atoms with Gasteiger partial charge in [-0.3, -0.25) is 4.40 Å². The van der Waals surface area contributed by atoms with E-state index in [4.69, 9.17) is 5.73 Å². The lowest BCUT2D eigenvalue weighted by molar-refractivity contribution is 0.584. The molecule has 3 aromatic rings. The molecule has 1 aromatic carbocycles. The van der Waals surface area contributed by atoms with Crippen LogP contribution in [-0.2, 0) is 0 Å². The number of anilines is 1. The Bertz CT molecular complexity index is 716. The second-order valence-electron chi connectivity index (χ2n) is 3.87. The minimum absolute atomic E-state index is 0.311. The molecule has 0 radical (unpaired) electrons. The first-order valence-electron chi connectivity index (χ1n) is 5.20. The molecule has 2 aromatic heterocycles. The van der Waals surface area contributed by atoms with Gasteiger partial charge in [0.05, 0.1) is 0 Å².